The van der Waals surface area contributed by atoms with Crippen LogP contribution in [-0.4, -0.2) is 40.0 Å². The number of halogens is 1. The summed E-state index contributed by atoms with van der Waals surface area (Å²) < 4.78 is 2.09. The van der Waals surface area contributed by atoms with Gasteiger partial charge in [0.1, 0.15) is 5.52 Å². The van der Waals surface area contributed by atoms with E-state index in [1.165, 1.54) is 5.69 Å². The molecule has 2 aromatic carbocycles. The second-order valence-corrected chi connectivity index (χ2v) is 8.05. The van der Waals surface area contributed by atoms with E-state index in [0.29, 0.717) is 11.1 Å². The standard InChI is InChI=1S/C22H23ClN6/c1-14-4-3-5-17(23)21(14)27-22-20-11-24-13-29(20)19-10-16(6-7-18(19)26-22)28-9-8-25-15(2)12-28/h3-7,10-11,13,15,25H,8-9,12H2,1-2H3,(H,26,27). The predicted octanol–water partition coefficient (Wildman–Crippen LogP) is 4.39. The molecule has 4 aromatic rings. The number of fused-ring (bicyclic) bond motifs is 3. The minimum Gasteiger partial charge on any atom is -0.369 e. The Bertz CT molecular complexity index is 1180. The maximum Gasteiger partial charge on any atom is 0.157 e. The summed E-state index contributed by atoms with van der Waals surface area (Å²) in [5.74, 6) is 0.745. The Morgan fingerprint density at radius 1 is 1.21 bits per heavy atom. The van der Waals surface area contributed by atoms with Crippen molar-refractivity contribution in [3.05, 3.63) is 59.5 Å². The maximum absolute atomic E-state index is 6.42. The van der Waals surface area contributed by atoms with Crippen molar-refractivity contribution in [2.75, 3.05) is 29.9 Å². The van der Waals surface area contributed by atoms with E-state index in [0.717, 1.165) is 53.3 Å². The molecule has 1 fully saturated rings. The first-order valence-corrected chi connectivity index (χ1v) is 10.2. The minimum absolute atomic E-state index is 0.483. The van der Waals surface area contributed by atoms with Crippen LogP contribution in [0, 0.1) is 6.92 Å². The summed E-state index contributed by atoms with van der Waals surface area (Å²) >= 11 is 6.42. The second-order valence-electron chi connectivity index (χ2n) is 7.64. The summed E-state index contributed by atoms with van der Waals surface area (Å²) in [6.07, 6.45) is 3.68. The molecule has 2 aromatic heterocycles. The average Bonchev–Trinajstić information content (AvgIpc) is 3.21. The number of aryl methyl sites for hydroxylation is 1. The lowest BCUT2D eigenvalue weighted by Gasteiger charge is -2.33. The fourth-order valence-corrected chi connectivity index (χ4v) is 4.27. The van der Waals surface area contributed by atoms with Crippen LogP contribution in [-0.2, 0) is 0 Å². The highest BCUT2D eigenvalue weighted by atomic mass is 35.5. The number of benzene rings is 2. The number of piperazine rings is 1. The van der Waals surface area contributed by atoms with Gasteiger partial charge in [0.2, 0.25) is 0 Å². The van der Waals surface area contributed by atoms with Crippen molar-refractivity contribution in [2.45, 2.75) is 19.9 Å². The first-order chi connectivity index (χ1) is 14.1. The van der Waals surface area contributed by atoms with Crippen molar-refractivity contribution in [1.82, 2.24) is 19.7 Å². The molecule has 2 N–H and O–H groups in total. The number of hydrogen-bond donors (Lipinski definition) is 2. The van der Waals surface area contributed by atoms with Crippen molar-refractivity contribution in [1.29, 1.82) is 0 Å². The van der Waals surface area contributed by atoms with Crippen LogP contribution in [0.1, 0.15) is 12.5 Å². The van der Waals surface area contributed by atoms with Crippen LogP contribution in [0.3, 0.4) is 0 Å². The summed E-state index contributed by atoms with van der Waals surface area (Å²) in [5.41, 5.74) is 6.03. The molecule has 3 heterocycles. The highest BCUT2D eigenvalue weighted by molar-refractivity contribution is 6.33. The topological polar surface area (TPSA) is 57.5 Å². The molecule has 29 heavy (non-hydrogen) atoms. The Kier molecular flexibility index (Phi) is 4.53. The molecule has 0 bridgehead atoms. The highest BCUT2D eigenvalue weighted by Crippen LogP contribution is 2.32. The van der Waals surface area contributed by atoms with Crippen LogP contribution >= 0.6 is 11.6 Å². The third kappa shape index (κ3) is 3.28. The lowest BCUT2D eigenvalue weighted by Crippen LogP contribution is -2.49. The second kappa shape index (κ2) is 7.21. The van der Waals surface area contributed by atoms with Gasteiger partial charge in [-0.05, 0) is 43.7 Å². The van der Waals surface area contributed by atoms with E-state index in [-0.39, 0.29) is 0 Å². The highest BCUT2D eigenvalue weighted by Gasteiger charge is 2.18. The van der Waals surface area contributed by atoms with Gasteiger partial charge in [-0.2, -0.15) is 0 Å². The van der Waals surface area contributed by atoms with Gasteiger partial charge in [-0.15, -0.1) is 0 Å². The van der Waals surface area contributed by atoms with Gasteiger partial charge in [0.25, 0.3) is 0 Å². The molecule has 1 aliphatic heterocycles. The molecule has 7 heteroatoms. The van der Waals surface area contributed by atoms with E-state index in [2.05, 4.69) is 50.0 Å². The molecule has 148 valence electrons. The third-order valence-corrected chi connectivity index (χ3v) is 5.85. The fraction of sp³-hybridized carbons (Fsp3) is 0.273. The molecular weight excluding hydrogens is 384 g/mol. The Morgan fingerprint density at radius 3 is 2.93 bits per heavy atom. The Labute approximate surface area is 174 Å². The van der Waals surface area contributed by atoms with E-state index in [1.54, 1.807) is 0 Å². The van der Waals surface area contributed by atoms with Crippen molar-refractivity contribution in [2.24, 2.45) is 0 Å². The van der Waals surface area contributed by atoms with Gasteiger partial charge < -0.3 is 15.5 Å². The third-order valence-electron chi connectivity index (χ3n) is 5.53. The lowest BCUT2D eigenvalue weighted by atomic mass is 10.2. The molecule has 1 saturated heterocycles. The summed E-state index contributed by atoms with van der Waals surface area (Å²) in [6.45, 7) is 7.25. The van der Waals surface area contributed by atoms with Crippen LogP contribution < -0.4 is 15.5 Å². The van der Waals surface area contributed by atoms with Crippen molar-refractivity contribution >= 4 is 45.3 Å². The number of imidazole rings is 1. The summed E-state index contributed by atoms with van der Waals surface area (Å²) in [5, 5.41) is 7.59. The molecule has 0 amide bonds. The summed E-state index contributed by atoms with van der Waals surface area (Å²) in [7, 11) is 0. The molecule has 0 spiro atoms. The number of rotatable bonds is 3. The Hall–Kier alpha value is -2.83. The van der Waals surface area contributed by atoms with Crippen LogP contribution in [0.5, 0.6) is 0 Å². The van der Waals surface area contributed by atoms with Gasteiger partial charge in [-0.1, -0.05) is 23.7 Å². The number of hydrogen-bond acceptors (Lipinski definition) is 5. The zero-order valence-electron chi connectivity index (χ0n) is 16.5. The monoisotopic (exact) mass is 406 g/mol. The first kappa shape index (κ1) is 18.2. The average molecular weight is 407 g/mol. The quantitative estimate of drug-likeness (QED) is 0.528. The molecule has 5 rings (SSSR count). The maximum atomic E-state index is 6.42. The van der Waals surface area contributed by atoms with Crippen molar-refractivity contribution < 1.29 is 0 Å². The Balaban J connectivity index is 1.60. The molecular formula is C22H23ClN6. The van der Waals surface area contributed by atoms with Gasteiger partial charge >= 0.3 is 0 Å². The van der Waals surface area contributed by atoms with E-state index in [9.17, 15) is 0 Å². The van der Waals surface area contributed by atoms with Gasteiger partial charge in [-0.3, -0.25) is 4.40 Å². The number of aromatic nitrogens is 3. The lowest BCUT2D eigenvalue weighted by molar-refractivity contribution is 0.485. The van der Waals surface area contributed by atoms with E-state index in [4.69, 9.17) is 16.6 Å². The first-order valence-electron chi connectivity index (χ1n) is 9.86. The smallest absolute Gasteiger partial charge is 0.157 e. The number of nitrogens with one attached hydrogen (secondary N) is 2. The molecule has 0 saturated carbocycles. The number of para-hydroxylation sites is 1. The number of anilines is 3. The normalized spacial score (nSPS) is 17.2. The van der Waals surface area contributed by atoms with E-state index in [1.807, 2.05) is 37.6 Å². The zero-order chi connectivity index (χ0) is 20.0. The minimum atomic E-state index is 0.483. The van der Waals surface area contributed by atoms with E-state index < -0.39 is 0 Å². The summed E-state index contributed by atoms with van der Waals surface area (Å²) in [6, 6.07) is 12.8. The van der Waals surface area contributed by atoms with Gasteiger partial charge in [0.15, 0.2) is 5.82 Å². The molecule has 1 unspecified atom stereocenters. The van der Waals surface area contributed by atoms with Gasteiger partial charge in [0, 0.05) is 31.4 Å². The molecule has 1 aliphatic rings. The number of nitrogens with zero attached hydrogens (tertiary/aromatic N) is 4. The Morgan fingerprint density at radius 2 is 2.10 bits per heavy atom. The van der Waals surface area contributed by atoms with Crippen LogP contribution in [0.25, 0.3) is 16.6 Å². The van der Waals surface area contributed by atoms with Gasteiger partial charge in [0.05, 0.1) is 34.3 Å². The van der Waals surface area contributed by atoms with Crippen LogP contribution in [0.2, 0.25) is 5.02 Å². The molecule has 0 aliphatic carbocycles. The van der Waals surface area contributed by atoms with E-state index >= 15 is 0 Å². The molecule has 0 radical (unpaired) electrons. The fourth-order valence-electron chi connectivity index (χ4n) is 4.00. The molecule has 6 nitrogen and oxygen atoms in total. The van der Waals surface area contributed by atoms with Crippen LogP contribution in [0.4, 0.5) is 17.2 Å². The zero-order valence-corrected chi connectivity index (χ0v) is 17.2. The SMILES string of the molecule is Cc1cccc(Cl)c1Nc1nc2ccc(N3CCNC(C)C3)cc2n2cncc12. The molecule has 1 atom stereocenters. The van der Waals surface area contributed by atoms with Crippen molar-refractivity contribution in [3.63, 3.8) is 0 Å². The van der Waals surface area contributed by atoms with Crippen LogP contribution in [0.15, 0.2) is 48.9 Å². The summed E-state index contributed by atoms with van der Waals surface area (Å²) in [4.78, 5) is 11.7. The predicted molar refractivity (Wildman–Crippen MR) is 120 cm³/mol. The largest absolute Gasteiger partial charge is 0.369 e. The van der Waals surface area contributed by atoms with Gasteiger partial charge in [-0.25, -0.2) is 9.97 Å². The van der Waals surface area contributed by atoms with Crippen molar-refractivity contribution in [3.8, 4) is 0 Å².